The summed E-state index contributed by atoms with van der Waals surface area (Å²) in [7, 11) is 1.13. The molecule has 8 heteroatoms. The van der Waals surface area contributed by atoms with Crippen LogP contribution in [0.25, 0.3) is 0 Å². The van der Waals surface area contributed by atoms with Gasteiger partial charge in [0.15, 0.2) is 0 Å². The molecule has 120 valence electrons. The molecule has 0 radical (unpaired) electrons. The maximum atomic E-state index is 11.6. The van der Waals surface area contributed by atoms with E-state index >= 15 is 0 Å². The zero-order valence-corrected chi connectivity index (χ0v) is 12.8. The quantitative estimate of drug-likeness (QED) is 0.504. The van der Waals surface area contributed by atoms with Gasteiger partial charge in [0.1, 0.15) is 23.4 Å². The summed E-state index contributed by atoms with van der Waals surface area (Å²) in [5.41, 5.74) is -1.25. The van der Waals surface area contributed by atoms with Crippen molar-refractivity contribution in [2.45, 2.75) is 26.4 Å². The van der Waals surface area contributed by atoms with Crippen LogP contribution in [0.2, 0.25) is 0 Å². The van der Waals surface area contributed by atoms with Crippen LogP contribution in [0, 0.1) is 10.1 Å². The van der Waals surface area contributed by atoms with E-state index in [4.69, 9.17) is 4.74 Å². The number of para-hydroxylation sites is 1. The van der Waals surface area contributed by atoms with Crippen LogP contribution in [0.1, 0.15) is 31.1 Å². The SMILES string of the molecule is COC(=O)c1cccc(NCC(=O)OC(C)(C)C)c1[N+](=O)[O-]. The third-order valence-corrected chi connectivity index (χ3v) is 2.47. The zero-order valence-electron chi connectivity index (χ0n) is 12.8. The molecule has 0 saturated heterocycles. The Hall–Kier alpha value is -2.64. The van der Waals surface area contributed by atoms with Crippen LogP contribution >= 0.6 is 0 Å². The maximum Gasteiger partial charge on any atom is 0.344 e. The topological polar surface area (TPSA) is 108 Å². The molecule has 0 amide bonds. The minimum Gasteiger partial charge on any atom is -0.465 e. The molecule has 0 atom stereocenters. The summed E-state index contributed by atoms with van der Waals surface area (Å²) < 4.78 is 9.61. The number of anilines is 1. The van der Waals surface area contributed by atoms with Gasteiger partial charge in [-0.05, 0) is 32.9 Å². The van der Waals surface area contributed by atoms with E-state index in [1.165, 1.54) is 18.2 Å². The first kappa shape index (κ1) is 17.4. The van der Waals surface area contributed by atoms with E-state index in [0.29, 0.717) is 0 Å². The molecular formula is C14H18N2O6. The van der Waals surface area contributed by atoms with Gasteiger partial charge in [-0.2, -0.15) is 0 Å². The number of nitro benzene ring substituents is 1. The number of carbonyl (C=O) groups excluding carboxylic acids is 2. The van der Waals surface area contributed by atoms with Crippen molar-refractivity contribution in [3.63, 3.8) is 0 Å². The van der Waals surface area contributed by atoms with Gasteiger partial charge in [0.25, 0.3) is 0 Å². The average Bonchev–Trinajstić information content (AvgIpc) is 2.41. The minimum absolute atomic E-state index is 0.0405. The van der Waals surface area contributed by atoms with Crippen LogP contribution in [0.5, 0.6) is 0 Å². The van der Waals surface area contributed by atoms with E-state index in [9.17, 15) is 19.7 Å². The average molecular weight is 310 g/mol. The van der Waals surface area contributed by atoms with Crippen LogP contribution < -0.4 is 5.32 Å². The second kappa shape index (κ2) is 6.88. The van der Waals surface area contributed by atoms with E-state index in [0.717, 1.165) is 7.11 Å². The van der Waals surface area contributed by atoms with Gasteiger partial charge in [-0.25, -0.2) is 4.79 Å². The highest BCUT2D eigenvalue weighted by atomic mass is 16.6. The third-order valence-electron chi connectivity index (χ3n) is 2.47. The summed E-state index contributed by atoms with van der Waals surface area (Å²) >= 11 is 0. The molecule has 1 aromatic carbocycles. The molecule has 22 heavy (non-hydrogen) atoms. The molecule has 0 spiro atoms. The van der Waals surface area contributed by atoms with Crippen LogP contribution in [0.15, 0.2) is 18.2 Å². The van der Waals surface area contributed by atoms with Gasteiger partial charge in [0.05, 0.1) is 12.0 Å². The molecule has 0 fully saturated rings. The number of carbonyl (C=O) groups is 2. The summed E-state index contributed by atoms with van der Waals surface area (Å²) in [6.45, 7) is 4.88. The van der Waals surface area contributed by atoms with Gasteiger partial charge in [0, 0.05) is 0 Å². The number of hydrogen-bond donors (Lipinski definition) is 1. The van der Waals surface area contributed by atoms with E-state index in [1.807, 2.05) is 0 Å². The Kier molecular flexibility index (Phi) is 5.44. The second-order valence-corrected chi connectivity index (χ2v) is 5.39. The predicted molar refractivity (Wildman–Crippen MR) is 78.8 cm³/mol. The Morgan fingerprint density at radius 3 is 2.45 bits per heavy atom. The second-order valence-electron chi connectivity index (χ2n) is 5.39. The van der Waals surface area contributed by atoms with Crippen molar-refractivity contribution < 1.29 is 24.0 Å². The highest BCUT2D eigenvalue weighted by Crippen LogP contribution is 2.29. The molecule has 0 unspecified atom stereocenters. The number of methoxy groups -OCH3 is 1. The highest BCUT2D eigenvalue weighted by molar-refractivity contribution is 5.97. The van der Waals surface area contributed by atoms with Crippen LogP contribution in [0.3, 0.4) is 0 Å². The molecule has 8 nitrogen and oxygen atoms in total. The van der Waals surface area contributed by atoms with Gasteiger partial charge in [-0.3, -0.25) is 14.9 Å². The normalized spacial score (nSPS) is 10.7. The van der Waals surface area contributed by atoms with Crippen molar-refractivity contribution in [3.05, 3.63) is 33.9 Å². The Labute approximate surface area is 127 Å². The van der Waals surface area contributed by atoms with Crippen molar-refractivity contribution in [2.75, 3.05) is 19.0 Å². The van der Waals surface area contributed by atoms with Crippen LogP contribution in [-0.4, -0.2) is 36.1 Å². The van der Waals surface area contributed by atoms with Crippen molar-refractivity contribution in [3.8, 4) is 0 Å². The number of hydrogen-bond acceptors (Lipinski definition) is 7. The molecule has 1 rings (SSSR count). The number of nitrogens with one attached hydrogen (secondary N) is 1. The first-order valence-electron chi connectivity index (χ1n) is 6.47. The molecule has 0 aliphatic rings. The fourth-order valence-electron chi connectivity index (χ4n) is 1.70. The third kappa shape index (κ3) is 4.72. The Bertz CT molecular complexity index is 591. The molecule has 0 aromatic heterocycles. The summed E-state index contributed by atoms with van der Waals surface area (Å²) in [6, 6.07) is 4.13. The first-order chi connectivity index (χ1) is 10.2. The summed E-state index contributed by atoms with van der Waals surface area (Å²) in [6.07, 6.45) is 0. The monoisotopic (exact) mass is 310 g/mol. The lowest BCUT2D eigenvalue weighted by atomic mass is 10.1. The lowest BCUT2D eigenvalue weighted by molar-refractivity contribution is -0.384. The number of benzene rings is 1. The number of nitro groups is 1. The molecule has 0 heterocycles. The molecule has 0 bridgehead atoms. The Morgan fingerprint density at radius 2 is 1.95 bits per heavy atom. The Morgan fingerprint density at radius 1 is 1.32 bits per heavy atom. The smallest absolute Gasteiger partial charge is 0.344 e. The maximum absolute atomic E-state index is 11.6. The zero-order chi connectivity index (χ0) is 16.9. The van der Waals surface area contributed by atoms with Crippen molar-refractivity contribution in [1.29, 1.82) is 0 Å². The van der Waals surface area contributed by atoms with E-state index in [1.54, 1.807) is 20.8 Å². The summed E-state index contributed by atoms with van der Waals surface area (Å²) in [5.74, 6) is -1.39. The van der Waals surface area contributed by atoms with Gasteiger partial charge in [0.2, 0.25) is 0 Å². The fourth-order valence-corrected chi connectivity index (χ4v) is 1.70. The van der Waals surface area contributed by atoms with Gasteiger partial charge in [-0.1, -0.05) is 6.07 Å². The highest BCUT2D eigenvalue weighted by Gasteiger charge is 2.25. The molecular weight excluding hydrogens is 292 g/mol. The van der Waals surface area contributed by atoms with Gasteiger partial charge < -0.3 is 14.8 Å². The van der Waals surface area contributed by atoms with E-state index in [-0.39, 0.29) is 17.8 Å². The van der Waals surface area contributed by atoms with E-state index in [2.05, 4.69) is 10.1 Å². The fraction of sp³-hybridized carbons (Fsp3) is 0.429. The van der Waals surface area contributed by atoms with Crippen molar-refractivity contribution in [1.82, 2.24) is 0 Å². The molecule has 1 aromatic rings. The Balaban J connectivity index is 2.98. The first-order valence-corrected chi connectivity index (χ1v) is 6.47. The predicted octanol–water partition coefficient (Wildman–Crippen LogP) is 2.13. The lowest BCUT2D eigenvalue weighted by Gasteiger charge is -2.19. The van der Waals surface area contributed by atoms with Crippen molar-refractivity contribution >= 4 is 23.3 Å². The molecule has 1 N–H and O–H groups in total. The summed E-state index contributed by atoms with van der Waals surface area (Å²) in [5, 5.41) is 13.8. The standard InChI is InChI=1S/C14H18N2O6/c1-14(2,3)22-11(17)8-15-10-7-5-6-9(13(18)21-4)12(10)16(19)20/h5-7,15H,8H2,1-4H3. The summed E-state index contributed by atoms with van der Waals surface area (Å²) in [4.78, 5) is 33.7. The number of rotatable bonds is 5. The number of ether oxygens (including phenoxy) is 2. The van der Waals surface area contributed by atoms with E-state index < -0.39 is 28.2 Å². The van der Waals surface area contributed by atoms with Gasteiger partial charge >= 0.3 is 17.6 Å². The molecule has 0 saturated carbocycles. The number of esters is 2. The lowest BCUT2D eigenvalue weighted by Crippen LogP contribution is -2.28. The van der Waals surface area contributed by atoms with Crippen LogP contribution in [0.4, 0.5) is 11.4 Å². The van der Waals surface area contributed by atoms with Crippen molar-refractivity contribution in [2.24, 2.45) is 0 Å². The minimum atomic E-state index is -0.826. The largest absolute Gasteiger partial charge is 0.465 e. The number of nitrogens with zero attached hydrogens (tertiary/aromatic N) is 1. The van der Waals surface area contributed by atoms with Crippen LogP contribution in [-0.2, 0) is 14.3 Å². The molecule has 0 aliphatic heterocycles. The van der Waals surface area contributed by atoms with Gasteiger partial charge in [-0.15, -0.1) is 0 Å². The molecule has 0 aliphatic carbocycles.